The third-order valence-corrected chi connectivity index (χ3v) is 6.37. The number of nitrogens with one attached hydrogen (secondary N) is 1. The Balaban J connectivity index is 1.82. The maximum Gasteiger partial charge on any atom is 0.325 e. The molecule has 0 bridgehead atoms. The fourth-order valence-corrected chi connectivity index (χ4v) is 4.86. The lowest BCUT2D eigenvalue weighted by Gasteiger charge is -2.31. The van der Waals surface area contributed by atoms with Gasteiger partial charge in [0.05, 0.1) is 11.3 Å². The standard InChI is InChI=1S/C21H17BrN4O4S/c1-3-31-21-23-19(28)18-14-9-13(22)5-6-15(14)25(11(2)27)20(26(18)24-21)12-4-7-16-17(8-12)30-10-29-16/h4-9,20H,3,10H2,1-2H3/p+1/t20-/m1/s1. The van der Waals surface area contributed by atoms with Crippen LogP contribution in [0.15, 0.2) is 50.8 Å². The number of anilines is 1. The Morgan fingerprint density at radius 2 is 2.10 bits per heavy atom. The molecule has 0 radical (unpaired) electrons. The highest BCUT2D eigenvalue weighted by Gasteiger charge is 2.45. The average Bonchev–Trinajstić information content (AvgIpc) is 3.20. The van der Waals surface area contributed by atoms with E-state index in [0.29, 0.717) is 33.6 Å². The number of H-pyrrole nitrogens is 1. The molecule has 1 amide bonds. The van der Waals surface area contributed by atoms with Crippen LogP contribution in [0.5, 0.6) is 11.5 Å². The van der Waals surface area contributed by atoms with E-state index in [4.69, 9.17) is 14.6 Å². The summed E-state index contributed by atoms with van der Waals surface area (Å²) in [6, 6.07) is 11.0. The van der Waals surface area contributed by atoms with Crippen LogP contribution in [-0.2, 0) is 4.79 Å². The first-order valence-electron chi connectivity index (χ1n) is 9.66. The molecule has 1 N–H and O–H groups in total. The molecule has 0 fully saturated rings. The van der Waals surface area contributed by atoms with Crippen LogP contribution in [0.2, 0.25) is 0 Å². The van der Waals surface area contributed by atoms with E-state index in [1.807, 2.05) is 43.3 Å². The molecule has 3 aromatic rings. The van der Waals surface area contributed by atoms with Gasteiger partial charge in [-0.2, -0.15) is 0 Å². The summed E-state index contributed by atoms with van der Waals surface area (Å²) in [4.78, 5) is 30.6. The summed E-state index contributed by atoms with van der Waals surface area (Å²) in [5.41, 5.74) is 2.14. The van der Waals surface area contributed by atoms with Crippen LogP contribution in [-0.4, -0.2) is 28.5 Å². The number of rotatable bonds is 3. The van der Waals surface area contributed by atoms with Crippen molar-refractivity contribution < 1.29 is 19.0 Å². The van der Waals surface area contributed by atoms with Gasteiger partial charge in [-0.15, -0.1) is 0 Å². The molecule has 31 heavy (non-hydrogen) atoms. The van der Waals surface area contributed by atoms with Crippen LogP contribution in [0, 0.1) is 0 Å². The molecular formula is C21H18BrN4O4S+. The van der Waals surface area contributed by atoms with Gasteiger partial charge in [0.2, 0.25) is 17.9 Å². The molecule has 0 spiro atoms. The van der Waals surface area contributed by atoms with Crippen molar-refractivity contribution in [3.05, 3.63) is 56.8 Å². The van der Waals surface area contributed by atoms with E-state index < -0.39 is 6.17 Å². The lowest BCUT2D eigenvalue weighted by atomic mass is 10.0. The van der Waals surface area contributed by atoms with E-state index in [2.05, 4.69) is 20.9 Å². The van der Waals surface area contributed by atoms with Crippen LogP contribution in [0.3, 0.4) is 0 Å². The van der Waals surface area contributed by atoms with Crippen molar-refractivity contribution in [1.29, 1.82) is 0 Å². The Morgan fingerprint density at radius 1 is 1.29 bits per heavy atom. The molecule has 2 aromatic carbocycles. The molecule has 158 valence electrons. The Hall–Kier alpha value is -2.85. The Labute approximate surface area is 190 Å². The maximum atomic E-state index is 13.2. The molecule has 5 rings (SSSR count). The Kier molecular flexibility index (Phi) is 4.98. The van der Waals surface area contributed by atoms with Crippen molar-refractivity contribution in [1.82, 2.24) is 10.1 Å². The van der Waals surface area contributed by atoms with Crippen LogP contribution in [0.1, 0.15) is 25.6 Å². The SMILES string of the molecule is CCSc1n[n+]2c(c(=O)[nH]1)-c1cc(Br)ccc1N(C(C)=O)[C@H]2c1ccc2c(c1)OCO2. The van der Waals surface area contributed by atoms with E-state index in [0.717, 1.165) is 15.8 Å². The number of amides is 1. The number of aromatic amines is 1. The van der Waals surface area contributed by atoms with Gasteiger partial charge in [0.15, 0.2) is 11.5 Å². The van der Waals surface area contributed by atoms with Gasteiger partial charge in [0.1, 0.15) is 0 Å². The van der Waals surface area contributed by atoms with Crippen LogP contribution < -0.4 is 24.6 Å². The zero-order chi connectivity index (χ0) is 21.7. The van der Waals surface area contributed by atoms with Crippen LogP contribution in [0.4, 0.5) is 5.69 Å². The summed E-state index contributed by atoms with van der Waals surface area (Å²) in [7, 11) is 0. The second-order valence-corrected chi connectivity index (χ2v) is 9.19. The average molecular weight is 502 g/mol. The van der Waals surface area contributed by atoms with Crippen molar-refractivity contribution in [3.8, 4) is 22.8 Å². The van der Waals surface area contributed by atoms with Gasteiger partial charge in [-0.05, 0) is 46.8 Å². The van der Waals surface area contributed by atoms with Crippen molar-refractivity contribution in [2.45, 2.75) is 25.2 Å². The zero-order valence-corrected chi connectivity index (χ0v) is 19.1. The summed E-state index contributed by atoms with van der Waals surface area (Å²) < 4.78 is 13.4. The highest BCUT2D eigenvalue weighted by Crippen LogP contribution is 2.41. The van der Waals surface area contributed by atoms with Gasteiger partial charge in [-0.3, -0.25) is 14.6 Å². The predicted molar refractivity (Wildman–Crippen MR) is 118 cm³/mol. The largest absolute Gasteiger partial charge is 0.454 e. The molecule has 10 heteroatoms. The smallest absolute Gasteiger partial charge is 0.325 e. The van der Waals surface area contributed by atoms with Gasteiger partial charge < -0.3 is 9.47 Å². The number of nitrogens with zero attached hydrogens (tertiary/aromatic N) is 3. The number of thioether (sulfide) groups is 1. The number of aromatic nitrogens is 3. The van der Waals surface area contributed by atoms with Gasteiger partial charge in [0, 0.05) is 22.1 Å². The lowest BCUT2D eigenvalue weighted by molar-refractivity contribution is -0.763. The van der Waals surface area contributed by atoms with Gasteiger partial charge >= 0.3 is 11.3 Å². The topological polar surface area (TPSA) is 88.4 Å². The molecule has 0 aliphatic carbocycles. The first-order valence-corrected chi connectivity index (χ1v) is 11.4. The molecule has 3 heterocycles. The minimum Gasteiger partial charge on any atom is -0.454 e. The molecule has 8 nitrogen and oxygen atoms in total. The molecule has 1 atom stereocenters. The van der Waals surface area contributed by atoms with Gasteiger partial charge in [-0.25, -0.2) is 4.90 Å². The van der Waals surface area contributed by atoms with Crippen molar-refractivity contribution in [2.75, 3.05) is 17.4 Å². The minimum absolute atomic E-state index is 0.148. The van der Waals surface area contributed by atoms with E-state index in [9.17, 15) is 9.59 Å². The molecule has 0 saturated heterocycles. The number of carbonyl (C=O) groups excluding carboxylic acids is 1. The fourth-order valence-electron chi connectivity index (χ4n) is 3.91. The van der Waals surface area contributed by atoms with E-state index >= 15 is 0 Å². The summed E-state index contributed by atoms with van der Waals surface area (Å²) in [5, 5.41) is 5.21. The first-order chi connectivity index (χ1) is 15.0. The van der Waals surface area contributed by atoms with E-state index in [-0.39, 0.29) is 18.3 Å². The quantitative estimate of drug-likeness (QED) is 0.437. The number of halogens is 1. The van der Waals surface area contributed by atoms with Crippen molar-refractivity contribution in [3.63, 3.8) is 0 Å². The second-order valence-electron chi connectivity index (χ2n) is 7.02. The summed E-state index contributed by atoms with van der Waals surface area (Å²) in [5.74, 6) is 1.81. The van der Waals surface area contributed by atoms with E-state index in [1.54, 1.807) is 9.58 Å². The van der Waals surface area contributed by atoms with Crippen LogP contribution >= 0.6 is 27.7 Å². The maximum absolute atomic E-state index is 13.2. The third-order valence-electron chi connectivity index (χ3n) is 5.13. The molecular weight excluding hydrogens is 484 g/mol. The number of hydrogen-bond donors (Lipinski definition) is 1. The number of benzene rings is 2. The number of hydrogen-bond acceptors (Lipinski definition) is 6. The highest BCUT2D eigenvalue weighted by molar-refractivity contribution is 9.10. The Bertz CT molecular complexity index is 1280. The molecule has 0 unspecified atom stereocenters. The van der Waals surface area contributed by atoms with Gasteiger partial charge in [-0.1, -0.05) is 34.6 Å². The van der Waals surface area contributed by atoms with Crippen LogP contribution in [0.25, 0.3) is 11.3 Å². The summed E-state index contributed by atoms with van der Waals surface area (Å²) >= 11 is 4.91. The minimum atomic E-state index is -0.658. The third kappa shape index (κ3) is 3.30. The highest BCUT2D eigenvalue weighted by atomic mass is 79.9. The summed E-state index contributed by atoms with van der Waals surface area (Å²) in [6.07, 6.45) is -0.658. The van der Waals surface area contributed by atoms with Crippen molar-refractivity contribution in [2.24, 2.45) is 0 Å². The Morgan fingerprint density at radius 3 is 2.87 bits per heavy atom. The normalized spacial score (nSPS) is 16.1. The number of carbonyl (C=O) groups is 1. The summed E-state index contributed by atoms with van der Waals surface area (Å²) in [6.45, 7) is 3.64. The zero-order valence-electron chi connectivity index (χ0n) is 16.7. The van der Waals surface area contributed by atoms with E-state index in [1.165, 1.54) is 18.7 Å². The monoisotopic (exact) mass is 501 g/mol. The molecule has 1 aromatic heterocycles. The van der Waals surface area contributed by atoms with Gasteiger partial charge in [0.25, 0.3) is 6.17 Å². The number of ether oxygens (including phenoxy) is 2. The molecule has 0 saturated carbocycles. The molecule has 2 aliphatic heterocycles. The second kappa shape index (κ2) is 7.69. The fraction of sp³-hybridized carbons (Fsp3) is 0.238. The molecule has 2 aliphatic rings. The predicted octanol–water partition coefficient (Wildman–Crippen LogP) is 3.24. The number of fused-ring (bicyclic) bond motifs is 4. The van der Waals surface area contributed by atoms with Crippen molar-refractivity contribution >= 4 is 39.3 Å². The first kappa shape index (κ1) is 20.1. The lowest BCUT2D eigenvalue weighted by Crippen LogP contribution is -2.60.